The Hall–Kier alpha value is -1.72. The zero-order valence-corrected chi connectivity index (χ0v) is 15.5. The van der Waals surface area contributed by atoms with Crippen LogP contribution < -0.4 is 4.90 Å². The number of benzene rings is 1. The summed E-state index contributed by atoms with van der Waals surface area (Å²) in [6.07, 6.45) is 4.25. The number of rotatable bonds is 3. The van der Waals surface area contributed by atoms with Gasteiger partial charge in [-0.2, -0.15) is 0 Å². The van der Waals surface area contributed by atoms with Crippen LogP contribution in [0.3, 0.4) is 0 Å². The molecule has 0 aliphatic carbocycles. The summed E-state index contributed by atoms with van der Waals surface area (Å²) in [6.45, 7) is 10.5. The lowest BCUT2D eigenvalue weighted by Gasteiger charge is -2.38. The van der Waals surface area contributed by atoms with Crippen LogP contribution in [0.5, 0.6) is 0 Å². The molecule has 5 heteroatoms. The number of piperidine rings is 1. The van der Waals surface area contributed by atoms with Crippen molar-refractivity contribution in [3.63, 3.8) is 0 Å². The van der Waals surface area contributed by atoms with Gasteiger partial charge in [-0.15, -0.1) is 0 Å². The number of piperazine rings is 1. The van der Waals surface area contributed by atoms with Gasteiger partial charge < -0.3 is 14.7 Å². The number of likely N-dealkylation sites (N-methyl/N-ethyl adjacent to an activating group) is 1. The zero-order chi connectivity index (χ0) is 17.2. The molecule has 25 heavy (non-hydrogen) atoms. The first kappa shape index (κ1) is 16.7. The van der Waals surface area contributed by atoms with Crippen LogP contribution >= 0.6 is 0 Å². The maximum Gasteiger partial charge on any atom is 0.139 e. The Balaban J connectivity index is 1.40. The molecule has 0 amide bonds. The quantitative estimate of drug-likeness (QED) is 0.858. The van der Waals surface area contributed by atoms with Crippen LogP contribution in [-0.4, -0.2) is 72.6 Å². The predicted molar refractivity (Wildman–Crippen MR) is 103 cm³/mol. The van der Waals surface area contributed by atoms with E-state index in [0.717, 1.165) is 30.3 Å². The first-order chi connectivity index (χ1) is 12.2. The van der Waals surface area contributed by atoms with E-state index in [0.29, 0.717) is 0 Å². The minimum absolute atomic E-state index is 0.828. The Bertz CT molecular complexity index is 715. The predicted octanol–water partition coefficient (Wildman–Crippen LogP) is 2.40. The summed E-state index contributed by atoms with van der Waals surface area (Å²) in [5, 5.41) is 1.19. The van der Waals surface area contributed by atoms with Crippen molar-refractivity contribution in [1.29, 1.82) is 0 Å². The Morgan fingerprint density at radius 3 is 2.52 bits per heavy atom. The molecule has 2 aromatic rings. The van der Waals surface area contributed by atoms with E-state index in [2.05, 4.69) is 56.8 Å². The first-order valence-corrected chi connectivity index (χ1v) is 9.56. The highest BCUT2D eigenvalue weighted by Gasteiger charge is 2.24. The summed E-state index contributed by atoms with van der Waals surface area (Å²) in [7, 11) is 2.23. The third kappa shape index (κ3) is 3.77. The van der Waals surface area contributed by atoms with Crippen LogP contribution in [0.15, 0.2) is 24.5 Å². The molecule has 0 bridgehead atoms. The molecule has 0 N–H and O–H groups in total. The molecule has 134 valence electrons. The molecular formula is C20H29N5. The van der Waals surface area contributed by atoms with Gasteiger partial charge in [0.25, 0.3) is 0 Å². The lowest BCUT2D eigenvalue weighted by atomic mass is 9.95. The maximum atomic E-state index is 4.62. The second kappa shape index (κ2) is 7.26. The molecule has 3 heterocycles. The Morgan fingerprint density at radius 2 is 1.76 bits per heavy atom. The van der Waals surface area contributed by atoms with Crippen LogP contribution in [-0.2, 0) is 0 Å². The van der Waals surface area contributed by atoms with E-state index in [1.165, 1.54) is 56.5 Å². The molecule has 5 nitrogen and oxygen atoms in total. The van der Waals surface area contributed by atoms with E-state index in [1.807, 2.05) is 0 Å². The van der Waals surface area contributed by atoms with E-state index >= 15 is 0 Å². The molecule has 0 radical (unpaired) electrons. The van der Waals surface area contributed by atoms with Crippen LogP contribution in [0.25, 0.3) is 10.9 Å². The fraction of sp³-hybridized carbons (Fsp3) is 0.600. The molecule has 4 rings (SSSR count). The number of anilines is 1. The van der Waals surface area contributed by atoms with Gasteiger partial charge in [0, 0.05) is 51.2 Å². The fourth-order valence-electron chi connectivity index (χ4n) is 4.13. The van der Waals surface area contributed by atoms with Gasteiger partial charge in [-0.3, -0.25) is 0 Å². The molecule has 1 aromatic carbocycles. The fourth-order valence-corrected chi connectivity index (χ4v) is 4.13. The van der Waals surface area contributed by atoms with Gasteiger partial charge in [0.15, 0.2) is 0 Å². The smallest absolute Gasteiger partial charge is 0.139 e. The minimum atomic E-state index is 0.828. The van der Waals surface area contributed by atoms with Crippen LogP contribution in [0.4, 0.5) is 5.82 Å². The van der Waals surface area contributed by atoms with Gasteiger partial charge in [0.1, 0.15) is 12.1 Å². The minimum Gasteiger partial charge on any atom is -0.356 e. The second-order valence-corrected chi connectivity index (χ2v) is 7.75. The highest BCUT2D eigenvalue weighted by atomic mass is 15.2. The molecule has 2 aliphatic rings. The summed E-state index contributed by atoms with van der Waals surface area (Å²) in [6, 6.07) is 6.46. The average Bonchev–Trinajstić information content (AvgIpc) is 2.64. The molecule has 2 aliphatic heterocycles. The number of aryl methyl sites for hydroxylation is 1. The summed E-state index contributed by atoms with van der Waals surface area (Å²) in [5.74, 6) is 1.95. The van der Waals surface area contributed by atoms with Crippen molar-refractivity contribution in [2.75, 3.05) is 57.8 Å². The Labute approximate surface area is 150 Å². The topological polar surface area (TPSA) is 35.5 Å². The van der Waals surface area contributed by atoms with Crippen molar-refractivity contribution in [1.82, 2.24) is 19.8 Å². The van der Waals surface area contributed by atoms with Crippen molar-refractivity contribution >= 4 is 16.7 Å². The normalized spacial score (nSPS) is 21.1. The van der Waals surface area contributed by atoms with E-state index in [9.17, 15) is 0 Å². The number of fused-ring (bicyclic) bond motifs is 1. The second-order valence-electron chi connectivity index (χ2n) is 7.75. The van der Waals surface area contributed by atoms with Gasteiger partial charge >= 0.3 is 0 Å². The van der Waals surface area contributed by atoms with E-state index in [1.54, 1.807) is 6.33 Å². The Kier molecular flexibility index (Phi) is 4.86. The van der Waals surface area contributed by atoms with Gasteiger partial charge in [-0.05, 0) is 44.9 Å². The summed E-state index contributed by atoms with van der Waals surface area (Å²) < 4.78 is 0. The standard InChI is InChI=1S/C20H29N5/c1-16-3-4-19-18(13-16)20(22-15-21-19)25-7-5-17(6-8-25)14-24-11-9-23(2)10-12-24/h3-4,13,15,17H,5-12,14H2,1-2H3. The maximum absolute atomic E-state index is 4.62. The number of nitrogens with zero attached hydrogens (tertiary/aromatic N) is 5. The van der Waals surface area contributed by atoms with Gasteiger partial charge in [0.05, 0.1) is 5.52 Å². The monoisotopic (exact) mass is 339 g/mol. The summed E-state index contributed by atoms with van der Waals surface area (Å²) >= 11 is 0. The van der Waals surface area contributed by atoms with Crippen molar-refractivity contribution in [2.45, 2.75) is 19.8 Å². The SMILES string of the molecule is Cc1ccc2ncnc(N3CCC(CN4CCN(C)CC4)CC3)c2c1. The molecule has 0 spiro atoms. The summed E-state index contributed by atoms with van der Waals surface area (Å²) in [5.41, 5.74) is 2.32. The van der Waals surface area contributed by atoms with Gasteiger partial charge in [-0.25, -0.2) is 9.97 Å². The summed E-state index contributed by atoms with van der Waals surface area (Å²) in [4.78, 5) is 16.6. The number of aromatic nitrogens is 2. The highest BCUT2D eigenvalue weighted by molar-refractivity contribution is 5.89. The van der Waals surface area contributed by atoms with Crippen LogP contribution in [0.2, 0.25) is 0 Å². The van der Waals surface area contributed by atoms with E-state index < -0.39 is 0 Å². The lowest BCUT2D eigenvalue weighted by molar-refractivity contribution is 0.129. The lowest BCUT2D eigenvalue weighted by Crippen LogP contribution is -2.47. The van der Waals surface area contributed by atoms with Crippen LogP contribution in [0, 0.1) is 12.8 Å². The Morgan fingerprint density at radius 1 is 1.00 bits per heavy atom. The third-order valence-corrected chi connectivity index (χ3v) is 5.80. The van der Waals surface area contributed by atoms with Gasteiger partial charge in [-0.1, -0.05) is 11.6 Å². The van der Waals surface area contributed by atoms with E-state index in [4.69, 9.17) is 0 Å². The van der Waals surface area contributed by atoms with Crippen molar-refractivity contribution in [3.8, 4) is 0 Å². The molecule has 2 saturated heterocycles. The largest absolute Gasteiger partial charge is 0.356 e. The first-order valence-electron chi connectivity index (χ1n) is 9.56. The van der Waals surface area contributed by atoms with Crippen molar-refractivity contribution in [3.05, 3.63) is 30.1 Å². The molecule has 2 fully saturated rings. The number of hydrogen-bond acceptors (Lipinski definition) is 5. The van der Waals surface area contributed by atoms with Crippen molar-refractivity contribution in [2.24, 2.45) is 5.92 Å². The molecular weight excluding hydrogens is 310 g/mol. The zero-order valence-electron chi connectivity index (χ0n) is 15.5. The van der Waals surface area contributed by atoms with Crippen molar-refractivity contribution < 1.29 is 0 Å². The third-order valence-electron chi connectivity index (χ3n) is 5.80. The van der Waals surface area contributed by atoms with Crippen LogP contribution in [0.1, 0.15) is 18.4 Å². The molecule has 0 saturated carbocycles. The number of hydrogen-bond donors (Lipinski definition) is 0. The molecule has 0 unspecified atom stereocenters. The molecule has 0 atom stereocenters. The van der Waals surface area contributed by atoms with Gasteiger partial charge in [0.2, 0.25) is 0 Å². The van der Waals surface area contributed by atoms with E-state index in [-0.39, 0.29) is 0 Å². The average molecular weight is 339 g/mol. The molecule has 1 aromatic heterocycles. The highest BCUT2D eigenvalue weighted by Crippen LogP contribution is 2.28.